The first-order valence-corrected chi connectivity index (χ1v) is 14.3. The second-order valence-corrected chi connectivity index (χ2v) is 11.5. The molecule has 0 heterocycles. The molecule has 3 aromatic rings. The quantitative estimate of drug-likeness (QED) is 0.357. The third-order valence-corrected chi connectivity index (χ3v) is 8.45. The van der Waals surface area contributed by atoms with Gasteiger partial charge in [0, 0.05) is 18.1 Å². The van der Waals surface area contributed by atoms with Crippen molar-refractivity contribution in [2.24, 2.45) is 0 Å². The van der Waals surface area contributed by atoms with Gasteiger partial charge in [-0.3, -0.25) is 13.9 Å². The molecule has 0 bridgehead atoms. The lowest BCUT2D eigenvalue weighted by Crippen LogP contribution is -2.51. The SMILES string of the molecule is CCCNC(=O)C(C)N(Cc1cccc(C)c1)C(=O)CN(c1cccc(Cl)c1C)S(=O)(=O)c1ccccc1. The number of carbonyl (C=O) groups is 2. The molecule has 0 saturated carbocycles. The van der Waals surface area contributed by atoms with Crippen LogP contribution in [0.2, 0.25) is 5.02 Å². The Morgan fingerprint density at radius 3 is 2.32 bits per heavy atom. The Balaban J connectivity index is 2.05. The van der Waals surface area contributed by atoms with Crippen LogP contribution in [0.1, 0.15) is 37.0 Å². The fraction of sp³-hybridized carbons (Fsp3) is 0.310. The predicted molar refractivity (Wildman–Crippen MR) is 152 cm³/mol. The van der Waals surface area contributed by atoms with E-state index in [1.807, 2.05) is 38.1 Å². The van der Waals surface area contributed by atoms with Crippen molar-refractivity contribution >= 4 is 39.1 Å². The number of hydrogen-bond donors (Lipinski definition) is 1. The van der Waals surface area contributed by atoms with Crippen molar-refractivity contribution < 1.29 is 18.0 Å². The largest absolute Gasteiger partial charge is 0.354 e. The number of benzene rings is 3. The summed E-state index contributed by atoms with van der Waals surface area (Å²) in [6.45, 7) is 7.38. The van der Waals surface area contributed by atoms with Gasteiger partial charge in [0.1, 0.15) is 12.6 Å². The lowest BCUT2D eigenvalue weighted by molar-refractivity contribution is -0.139. The normalized spacial score (nSPS) is 12.0. The fourth-order valence-electron chi connectivity index (χ4n) is 4.09. The predicted octanol–water partition coefficient (Wildman–Crippen LogP) is 5.10. The van der Waals surface area contributed by atoms with Crippen molar-refractivity contribution in [3.05, 3.63) is 94.5 Å². The molecule has 202 valence electrons. The van der Waals surface area contributed by atoms with Crippen molar-refractivity contribution in [2.75, 3.05) is 17.4 Å². The summed E-state index contributed by atoms with van der Waals surface area (Å²) in [5, 5.41) is 3.22. The Bertz CT molecular complexity index is 1380. The number of aryl methyl sites for hydroxylation is 1. The van der Waals surface area contributed by atoms with Crippen molar-refractivity contribution in [1.29, 1.82) is 0 Å². The minimum absolute atomic E-state index is 0.0474. The monoisotopic (exact) mass is 555 g/mol. The molecule has 2 amide bonds. The Hall–Kier alpha value is -3.36. The average molecular weight is 556 g/mol. The van der Waals surface area contributed by atoms with Crippen LogP contribution in [0.3, 0.4) is 0 Å². The van der Waals surface area contributed by atoms with Crippen LogP contribution >= 0.6 is 11.6 Å². The van der Waals surface area contributed by atoms with Crippen LogP contribution in [0.5, 0.6) is 0 Å². The molecule has 0 aliphatic heterocycles. The van der Waals surface area contributed by atoms with Crippen molar-refractivity contribution in [3.63, 3.8) is 0 Å². The number of rotatable bonds is 11. The maximum atomic E-state index is 13.9. The molecule has 1 unspecified atom stereocenters. The second-order valence-electron chi connectivity index (χ2n) is 9.19. The summed E-state index contributed by atoms with van der Waals surface area (Å²) >= 11 is 6.35. The molecule has 38 heavy (non-hydrogen) atoms. The Kier molecular flexibility index (Phi) is 9.94. The van der Waals surface area contributed by atoms with E-state index in [1.165, 1.54) is 17.0 Å². The highest BCUT2D eigenvalue weighted by Gasteiger charge is 2.33. The molecule has 1 N–H and O–H groups in total. The van der Waals surface area contributed by atoms with Crippen LogP contribution in [0.15, 0.2) is 77.7 Å². The third kappa shape index (κ3) is 6.94. The maximum absolute atomic E-state index is 13.9. The molecule has 9 heteroatoms. The summed E-state index contributed by atoms with van der Waals surface area (Å²) in [4.78, 5) is 28.3. The molecule has 3 rings (SSSR count). The summed E-state index contributed by atoms with van der Waals surface area (Å²) in [5.74, 6) is -0.811. The lowest BCUT2D eigenvalue weighted by Gasteiger charge is -2.32. The summed E-state index contributed by atoms with van der Waals surface area (Å²) in [7, 11) is -4.14. The lowest BCUT2D eigenvalue weighted by atomic mass is 10.1. The number of amides is 2. The number of sulfonamides is 1. The fourth-order valence-corrected chi connectivity index (χ4v) is 5.75. The van der Waals surface area contributed by atoms with E-state index in [2.05, 4.69) is 5.32 Å². The second kappa shape index (κ2) is 12.9. The summed E-state index contributed by atoms with van der Waals surface area (Å²) in [6.07, 6.45) is 0.751. The molecule has 0 aromatic heterocycles. The zero-order chi connectivity index (χ0) is 27.9. The number of hydrogen-bond acceptors (Lipinski definition) is 4. The van der Waals surface area contributed by atoms with Crippen LogP contribution in [-0.2, 0) is 26.2 Å². The highest BCUT2D eigenvalue weighted by molar-refractivity contribution is 7.92. The molecule has 0 spiro atoms. The van der Waals surface area contributed by atoms with Gasteiger partial charge in [0.2, 0.25) is 11.8 Å². The van der Waals surface area contributed by atoms with Gasteiger partial charge < -0.3 is 10.2 Å². The number of nitrogens with zero attached hydrogens (tertiary/aromatic N) is 2. The van der Waals surface area contributed by atoms with Gasteiger partial charge in [-0.1, -0.05) is 72.6 Å². The van der Waals surface area contributed by atoms with Crippen LogP contribution in [0.25, 0.3) is 0 Å². The Morgan fingerprint density at radius 1 is 0.974 bits per heavy atom. The summed E-state index contributed by atoms with van der Waals surface area (Å²) in [5.41, 5.74) is 2.68. The smallest absolute Gasteiger partial charge is 0.264 e. The molecule has 3 aromatic carbocycles. The van der Waals surface area contributed by atoms with Crippen molar-refractivity contribution in [1.82, 2.24) is 10.2 Å². The van der Waals surface area contributed by atoms with E-state index >= 15 is 0 Å². The van der Waals surface area contributed by atoms with Gasteiger partial charge in [0.25, 0.3) is 10.0 Å². The minimum atomic E-state index is -4.14. The van der Waals surface area contributed by atoms with E-state index in [-0.39, 0.29) is 17.3 Å². The highest BCUT2D eigenvalue weighted by Crippen LogP contribution is 2.31. The van der Waals surface area contributed by atoms with Gasteiger partial charge in [-0.15, -0.1) is 0 Å². The standard InChI is InChI=1S/C29H34ClN3O4S/c1-5-17-31-29(35)23(4)32(19-24-12-9-11-21(2)18-24)28(34)20-33(27-16-10-15-26(30)22(27)3)38(36,37)25-13-7-6-8-14-25/h6-16,18,23H,5,17,19-20H2,1-4H3,(H,31,35). The van der Waals surface area contributed by atoms with E-state index in [0.29, 0.717) is 22.8 Å². The topological polar surface area (TPSA) is 86.8 Å². The van der Waals surface area contributed by atoms with Gasteiger partial charge in [0.05, 0.1) is 10.6 Å². The zero-order valence-electron chi connectivity index (χ0n) is 22.1. The highest BCUT2D eigenvalue weighted by atomic mass is 35.5. The molecule has 0 radical (unpaired) electrons. The summed E-state index contributed by atoms with van der Waals surface area (Å²) in [6, 6.07) is 19.7. The summed E-state index contributed by atoms with van der Waals surface area (Å²) < 4.78 is 28.7. The van der Waals surface area contributed by atoms with E-state index in [0.717, 1.165) is 21.9 Å². The van der Waals surface area contributed by atoms with Gasteiger partial charge in [-0.25, -0.2) is 8.42 Å². The van der Waals surface area contributed by atoms with Crippen LogP contribution < -0.4 is 9.62 Å². The molecular weight excluding hydrogens is 522 g/mol. The Morgan fingerprint density at radius 2 is 1.66 bits per heavy atom. The zero-order valence-corrected chi connectivity index (χ0v) is 23.7. The molecule has 0 saturated heterocycles. The number of nitrogens with one attached hydrogen (secondary N) is 1. The first-order chi connectivity index (χ1) is 18.1. The molecule has 1 atom stereocenters. The molecule has 0 fully saturated rings. The van der Waals surface area contributed by atoms with Crippen LogP contribution in [0.4, 0.5) is 5.69 Å². The van der Waals surface area contributed by atoms with E-state index < -0.39 is 28.5 Å². The average Bonchev–Trinajstić information content (AvgIpc) is 2.90. The molecular formula is C29H34ClN3O4S. The van der Waals surface area contributed by atoms with Crippen LogP contribution in [-0.4, -0.2) is 44.3 Å². The Labute approximate surface area is 230 Å². The van der Waals surface area contributed by atoms with E-state index in [9.17, 15) is 18.0 Å². The van der Waals surface area contributed by atoms with Crippen LogP contribution in [0, 0.1) is 13.8 Å². The molecule has 0 aliphatic rings. The molecule has 7 nitrogen and oxygen atoms in total. The maximum Gasteiger partial charge on any atom is 0.264 e. The van der Waals surface area contributed by atoms with Gasteiger partial charge >= 0.3 is 0 Å². The third-order valence-electron chi connectivity index (χ3n) is 6.27. The van der Waals surface area contributed by atoms with Crippen molar-refractivity contribution in [2.45, 2.75) is 51.6 Å². The molecule has 0 aliphatic carbocycles. The van der Waals surface area contributed by atoms with Gasteiger partial charge in [-0.05, 0) is 62.6 Å². The first kappa shape index (κ1) is 29.2. The number of halogens is 1. The minimum Gasteiger partial charge on any atom is -0.354 e. The van der Waals surface area contributed by atoms with Gasteiger partial charge in [0.15, 0.2) is 0 Å². The number of anilines is 1. The van der Waals surface area contributed by atoms with Gasteiger partial charge in [-0.2, -0.15) is 0 Å². The number of carbonyl (C=O) groups excluding carboxylic acids is 2. The van der Waals surface area contributed by atoms with E-state index in [4.69, 9.17) is 11.6 Å². The van der Waals surface area contributed by atoms with Crippen molar-refractivity contribution in [3.8, 4) is 0 Å². The van der Waals surface area contributed by atoms with E-state index in [1.54, 1.807) is 50.2 Å². The first-order valence-electron chi connectivity index (χ1n) is 12.5.